The first-order chi connectivity index (χ1) is 16.4. The lowest BCUT2D eigenvalue weighted by Crippen LogP contribution is -2.46. The van der Waals surface area contributed by atoms with E-state index in [4.69, 9.17) is 9.47 Å². The molecule has 2 heterocycles. The predicted molar refractivity (Wildman–Crippen MR) is 125 cm³/mol. The maximum absolute atomic E-state index is 12.5. The zero-order valence-electron chi connectivity index (χ0n) is 18.6. The molecule has 5 rings (SSSR count). The van der Waals surface area contributed by atoms with Gasteiger partial charge in [-0.3, -0.25) is 10.1 Å². The van der Waals surface area contributed by atoms with Crippen molar-refractivity contribution in [2.24, 2.45) is 0 Å². The number of rotatable bonds is 4. The number of hydrogen-bond acceptors (Lipinski definition) is 8. The number of benzene rings is 2. The Morgan fingerprint density at radius 3 is 2.12 bits per heavy atom. The fourth-order valence-electron chi connectivity index (χ4n) is 4.84. The van der Waals surface area contributed by atoms with Gasteiger partial charge in [0.1, 0.15) is 11.3 Å². The van der Waals surface area contributed by atoms with Crippen LogP contribution < -0.4 is 9.80 Å². The number of nitro groups is 1. The number of anilines is 2. The maximum atomic E-state index is 12.5. The van der Waals surface area contributed by atoms with E-state index in [-0.39, 0.29) is 11.3 Å². The van der Waals surface area contributed by atoms with Crippen LogP contribution >= 0.6 is 0 Å². The predicted octanol–water partition coefficient (Wildman–Crippen LogP) is 3.68. The second-order valence-electron chi connectivity index (χ2n) is 8.77. The van der Waals surface area contributed by atoms with Gasteiger partial charge in [-0.1, -0.05) is 24.3 Å². The lowest BCUT2D eigenvalue weighted by atomic mass is 10.1. The van der Waals surface area contributed by atoms with Crippen molar-refractivity contribution < 1.29 is 24.0 Å². The van der Waals surface area contributed by atoms with Crippen molar-refractivity contribution in [3.63, 3.8) is 0 Å². The summed E-state index contributed by atoms with van der Waals surface area (Å²) in [6, 6.07) is 14.8. The van der Waals surface area contributed by atoms with E-state index in [1.54, 1.807) is 12.1 Å². The summed E-state index contributed by atoms with van der Waals surface area (Å²) in [7, 11) is 0. The van der Waals surface area contributed by atoms with Gasteiger partial charge in [-0.2, -0.15) is 0 Å². The average molecular weight is 463 g/mol. The van der Waals surface area contributed by atoms with Crippen LogP contribution in [0.2, 0.25) is 0 Å². The lowest BCUT2D eigenvalue weighted by molar-refractivity contribution is -0.384. The van der Waals surface area contributed by atoms with Crippen molar-refractivity contribution in [3.8, 4) is 0 Å². The number of carbonyl (C=O) groups excluding carboxylic acids is 2. The van der Waals surface area contributed by atoms with E-state index in [1.807, 2.05) is 23.1 Å². The lowest BCUT2D eigenvalue weighted by Gasteiger charge is -2.37. The second kappa shape index (κ2) is 8.81. The van der Waals surface area contributed by atoms with Gasteiger partial charge in [-0.05, 0) is 42.7 Å². The van der Waals surface area contributed by atoms with E-state index >= 15 is 0 Å². The molecule has 176 valence electrons. The van der Waals surface area contributed by atoms with Crippen molar-refractivity contribution in [1.82, 2.24) is 0 Å². The molecule has 2 aromatic carbocycles. The van der Waals surface area contributed by atoms with Crippen LogP contribution in [0.5, 0.6) is 0 Å². The third-order valence-electron chi connectivity index (χ3n) is 6.61. The monoisotopic (exact) mass is 463 g/mol. The largest absolute Gasteiger partial charge is 0.419 e. The highest BCUT2D eigenvalue weighted by atomic mass is 16.7. The minimum atomic E-state index is -1.15. The van der Waals surface area contributed by atoms with Crippen LogP contribution in [0.1, 0.15) is 31.2 Å². The average Bonchev–Trinajstić information content (AvgIpc) is 3.29. The van der Waals surface area contributed by atoms with Crippen molar-refractivity contribution in [1.29, 1.82) is 0 Å². The van der Waals surface area contributed by atoms with Crippen LogP contribution in [0, 0.1) is 10.1 Å². The Bertz CT molecular complexity index is 1130. The fraction of sp³-hybridized carbons (Fsp3) is 0.360. The zero-order chi connectivity index (χ0) is 23.7. The van der Waals surface area contributed by atoms with Crippen molar-refractivity contribution >= 4 is 35.1 Å². The molecule has 0 N–H and O–H groups in total. The Morgan fingerprint density at radius 2 is 1.50 bits per heavy atom. The fourth-order valence-corrected chi connectivity index (χ4v) is 4.84. The Balaban J connectivity index is 1.34. The zero-order valence-corrected chi connectivity index (χ0v) is 18.6. The van der Waals surface area contributed by atoms with Gasteiger partial charge >= 0.3 is 11.9 Å². The molecule has 0 bridgehead atoms. The highest BCUT2D eigenvalue weighted by Crippen LogP contribution is 2.39. The van der Waals surface area contributed by atoms with E-state index < -0.39 is 22.6 Å². The first-order valence-electron chi connectivity index (χ1n) is 11.5. The molecule has 3 fully saturated rings. The van der Waals surface area contributed by atoms with Crippen LogP contribution in [-0.4, -0.2) is 48.8 Å². The first-order valence-corrected chi connectivity index (χ1v) is 11.5. The molecule has 0 unspecified atom stereocenters. The van der Waals surface area contributed by atoms with Gasteiger partial charge in [0.15, 0.2) is 0 Å². The molecule has 3 aliphatic rings. The third kappa shape index (κ3) is 4.21. The Morgan fingerprint density at radius 1 is 0.882 bits per heavy atom. The summed E-state index contributed by atoms with van der Waals surface area (Å²) in [5, 5.41) is 11.9. The number of para-hydroxylation sites is 1. The maximum Gasteiger partial charge on any atom is 0.348 e. The molecule has 1 spiro atoms. The molecule has 1 saturated carbocycles. The van der Waals surface area contributed by atoms with Crippen LogP contribution in [0.25, 0.3) is 6.08 Å². The van der Waals surface area contributed by atoms with E-state index in [1.165, 1.54) is 12.1 Å². The summed E-state index contributed by atoms with van der Waals surface area (Å²) in [6.45, 7) is 2.76. The molecule has 9 heteroatoms. The first kappa shape index (κ1) is 21.9. The normalized spacial score (nSPS) is 19.7. The minimum absolute atomic E-state index is 0.0766. The molecule has 1 aliphatic carbocycles. The molecule has 34 heavy (non-hydrogen) atoms. The second-order valence-corrected chi connectivity index (χ2v) is 8.77. The third-order valence-corrected chi connectivity index (χ3v) is 6.61. The number of esters is 2. The molecular weight excluding hydrogens is 438 g/mol. The van der Waals surface area contributed by atoms with E-state index in [9.17, 15) is 19.7 Å². The molecule has 2 aliphatic heterocycles. The van der Waals surface area contributed by atoms with Crippen LogP contribution in [0.15, 0.2) is 54.1 Å². The molecule has 0 amide bonds. The highest BCUT2D eigenvalue weighted by Gasteiger charge is 2.47. The van der Waals surface area contributed by atoms with Gasteiger partial charge in [0.25, 0.3) is 11.5 Å². The molecule has 9 nitrogen and oxygen atoms in total. The topological polar surface area (TPSA) is 102 Å². The van der Waals surface area contributed by atoms with Crippen molar-refractivity contribution in [3.05, 3.63) is 69.8 Å². The van der Waals surface area contributed by atoms with E-state index in [2.05, 4.69) is 17.0 Å². The summed E-state index contributed by atoms with van der Waals surface area (Å²) >= 11 is 0. The van der Waals surface area contributed by atoms with Crippen LogP contribution in [-0.2, 0) is 19.1 Å². The number of ether oxygens (including phenoxy) is 2. The van der Waals surface area contributed by atoms with Crippen LogP contribution in [0.4, 0.5) is 17.1 Å². The van der Waals surface area contributed by atoms with Crippen molar-refractivity contribution in [2.75, 3.05) is 36.0 Å². The number of nitro benzene ring substituents is 1. The van der Waals surface area contributed by atoms with Gasteiger partial charge in [0.2, 0.25) is 0 Å². The smallest absolute Gasteiger partial charge is 0.348 e. The van der Waals surface area contributed by atoms with Gasteiger partial charge < -0.3 is 19.3 Å². The Hall–Kier alpha value is -3.88. The molecule has 0 atom stereocenters. The summed E-state index contributed by atoms with van der Waals surface area (Å²) < 4.78 is 10.9. The van der Waals surface area contributed by atoms with Gasteiger partial charge in [-0.25, -0.2) is 9.59 Å². The van der Waals surface area contributed by atoms with Gasteiger partial charge in [0, 0.05) is 50.8 Å². The number of piperazine rings is 1. The summed E-state index contributed by atoms with van der Waals surface area (Å²) in [6.07, 6.45) is 3.95. The van der Waals surface area contributed by atoms with E-state index in [0.29, 0.717) is 37.2 Å². The number of carbonyl (C=O) groups is 2. The molecular formula is C25H25N3O6. The molecule has 0 aromatic heterocycles. The Kier molecular flexibility index (Phi) is 5.69. The van der Waals surface area contributed by atoms with Gasteiger partial charge in [0.05, 0.1) is 4.92 Å². The highest BCUT2D eigenvalue weighted by molar-refractivity contribution is 6.19. The molecule has 2 saturated heterocycles. The standard InChI is InChI=1S/C25H25N3O6/c29-23-20(24(30)34-25(33-23)10-4-5-11-25)16-18-8-9-21(22(17-18)28(31)32)27-14-12-26(13-15-27)19-6-2-1-3-7-19/h1-3,6-9,16-17H,4-5,10-15H2. The molecule has 2 aromatic rings. The van der Waals surface area contributed by atoms with Crippen LogP contribution in [0.3, 0.4) is 0 Å². The quantitative estimate of drug-likeness (QED) is 0.223. The summed E-state index contributed by atoms with van der Waals surface area (Å²) in [4.78, 5) is 40.7. The number of nitrogens with zero attached hydrogens (tertiary/aromatic N) is 3. The van der Waals surface area contributed by atoms with E-state index in [0.717, 1.165) is 31.6 Å². The van der Waals surface area contributed by atoms with Gasteiger partial charge in [-0.15, -0.1) is 0 Å². The Labute approximate surface area is 196 Å². The summed E-state index contributed by atoms with van der Waals surface area (Å²) in [5.41, 5.74) is 1.68. The summed E-state index contributed by atoms with van der Waals surface area (Å²) in [5.74, 6) is -2.65. The minimum Gasteiger partial charge on any atom is -0.419 e. The SMILES string of the molecule is O=C1OC2(CCCC2)OC(=O)C1=Cc1ccc(N2CCN(c3ccccc3)CC2)c([N+](=O)[O-])c1. The number of hydrogen-bond donors (Lipinski definition) is 0. The van der Waals surface area contributed by atoms with Crippen molar-refractivity contribution in [2.45, 2.75) is 31.5 Å². The molecule has 0 radical (unpaired) electrons.